The molecule has 1 amide bonds. The number of sulfonamides is 1. The number of nitrogens with one attached hydrogen (secondary N) is 2. The Morgan fingerprint density at radius 2 is 1.83 bits per heavy atom. The summed E-state index contributed by atoms with van der Waals surface area (Å²) in [6, 6.07) is 13.7. The van der Waals surface area contributed by atoms with Crippen LogP contribution >= 0.6 is 11.6 Å². The number of carbonyl (C=O) groups excluding carboxylic acids is 1. The van der Waals surface area contributed by atoms with Crippen LogP contribution in [-0.2, 0) is 17.1 Å². The highest BCUT2D eigenvalue weighted by Gasteiger charge is 2.24. The molecule has 10 nitrogen and oxygen atoms in total. The van der Waals surface area contributed by atoms with Crippen molar-refractivity contribution in [1.82, 2.24) is 19.5 Å². The van der Waals surface area contributed by atoms with Crippen LogP contribution in [0.2, 0.25) is 5.15 Å². The van der Waals surface area contributed by atoms with Crippen LogP contribution in [0, 0.1) is 13.8 Å². The van der Waals surface area contributed by atoms with E-state index in [9.17, 15) is 18.0 Å². The van der Waals surface area contributed by atoms with E-state index in [0.29, 0.717) is 33.4 Å². The molecule has 0 aliphatic carbocycles. The Labute approximate surface area is 241 Å². The second-order valence-corrected chi connectivity index (χ2v) is 11.7. The lowest BCUT2D eigenvalue weighted by Crippen LogP contribution is -2.32. The van der Waals surface area contributed by atoms with Gasteiger partial charge in [-0.1, -0.05) is 35.9 Å². The number of rotatable bonds is 7. The van der Waals surface area contributed by atoms with Gasteiger partial charge in [0.15, 0.2) is 11.1 Å². The fourth-order valence-electron chi connectivity index (χ4n) is 4.57. The Hall–Kier alpha value is -4.48. The number of hydrogen-bond donors (Lipinski definition) is 2. The minimum atomic E-state index is -4.16. The molecule has 0 spiro atoms. The summed E-state index contributed by atoms with van der Waals surface area (Å²) in [4.78, 5) is 30.6. The summed E-state index contributed by atoms with van der Waals surface area (Å²) < 4.78 is 35.6. The van der Waals surface area contributed by atoms with Crippen molar-refractivity contribution in [2.75, 3.05) is 5.32 Å². The number of halogens is 1. The minimum Gasteiger partial charge on any atom is -0.455 e. The standard InChI is InChI=1S/C29H26ClN5O5S/c1-16-12-21(28-22(13-16)26(36)17(2)27(40-28)19-14-31-35(4)15-19)18(3)32-23-10-11-24(30)33-25(23)29(37)34-41(38,39)20-8-6-5-7-9-20/h5-15,18,32H,1-4H3,(H,34,37). The summed E-state index contributed by atoms with van der Waals surface area (Å²) >= 11 is 6.09. The Morgan fingerprint density at radius 1 is 1.10 bits per heavy atom. The van der Waals surface area contributed by atoms with Crippen LogP contribution < -0.4 is 15.5 Å². The zero-order valence-corrected chi connectivity index (χ0v) is 24.2. The number of fused-ring (bicyclic) bond motifs is 1. The first kappa shape index (κ1) is 28.1. The highest BCUT2D eigenvalue weighted by molar-refractivity contribution is 7.90. The van der Waals surface area contributed by atoms with Crippen LogP contribution in [0.3, 0.4) is 0 Å². The zero-order valence-electron chi connectivity index (χ0n) is 22.6. The fraction of sp³-hybridized carbons (Fsp3) is 0.172. The van der Waals surface area contributed by atoms with Gasteiger partial charge in [-0.3, -0.25) is 14.3 Å². The van der Waals surface area contributed by atoms with Gasteiger partial charge in [-0.25, -0.2) is 18.1 Å². The summed E-state index contributed by atoms with van der Waals surface area (Å²) in [5, 5.41) is 7.84. The lowest BCUT2D eigenvalue weighted by Gasteiger charge is -2.20. The molecule has 1 unspecified atom stereocenters. The van der Waals surface area contributed by atoms with Crippen LogP contribution in [0.4, 0.5) is 5.69 Å². The molecule has 0 bridgehead atoms. The molecule has 12 heteroatoms. The summed E-state index contributed by atoms with van der Waals surface area (Å²) in [6.45, 7) is 5.41. The van der Waals surface area contributed by atoms with Crippen LogP contribution in [0.25, 0.3) is 22.3 Å². The molecular weight excluding hydrogens is 566 g/mol. The molecule has 2 aromatic carbocycles. The zero-order chi connectivity index (χ0) is 29.5. The average Bonchev–Trinajstić information content (AvgIpc) is 3.37. The number of anilines is 1. The maximum Gasteiger partial charge on any atom is 0.285 e. The largest absolute Gasteiger partial charge is 0.455 e. The maximum atomic E-state index is 13.4. The molecule has 0 aliphatic heterocycles. The Morgan fingerprint density at radius 3 is 2.51 bits per heavy atom. The second-order valence-electron chi connectivity index (χ2n) is 9.66. The first-order chi connectivity index (χ1) is 19.4. The van der Waals surface area contributed by atoms with Crippen molar-refractivity contribution in [3.05, 3.63) is 105 Å². The lowest BCUT2D eigenvalue weighted by atomic mass is 9.99. The van der Waals surface area contributed by atoms with Crippen molar-refractivity contribution in [2.24, 2.45) is 7.05 Å². The van der Waals surface area contributed by atoms with Crippen LogP contribution in [0.5, 0.6) is 0 Å². The summed E-state index contributed by atoms with van der Waals surface area (Å²) in [5.74, 6) is -0.548. The van der Waals surface area contributed by atoms with Gasteiger partial charge in [-0.15, -0.1) is 0 Å². The molecule has 0 saturated heterocycles. The van der Waals surface area contributed by atoms with Gasteiger partial charge in [-0.2, -0.15) is 5.10 Å². The molecule has 3 aromatic heterocycles. The van der Waals surface area contributed by atoms with E-state index in [2.05, 4.69) is 20.1 Å². The summed E-state index contributed by atoms with van der Waals surface area (Å²) in [6.07, 6.45) is 3.39. The van der Waals surface area contributed by atoms with Crippen LogP contribution in [-0.4, -0.2) is 29.1 Å². The van der Waals surface area contributed by atoms with Gasteiger partial charge in [0.1, 0.15) is 16.5 Å². The van der Waals surface area contributed by atoms with Gasteiger partial charge in [0.05, 0.1) is 33.8 Å². The molecule has 210 valence electrons. The third-order valence-corrected chi connectivity index (χ3v) is 8.11. The van der Waals surface area contributed by atoms with Crippen molar-refractivity contribution < 1.29 is 17.6 Å². The van der Waals surface area contributed by atoms with E-state index in [1.807, 2.05) is 19.9 Å². The average molecular weight is 592 g/mol. The number of aromatic nitrogens is 3. The normalized spacial score (nSPS) is 12.3. The van der Waals surface area contributed by atoms with Crippen molar-refractivity contribution in [3.8, 4) is 11.3 Å². The molecule has 0 aliphatic rings. The van der Waals surface area contributed by atoms with E-state index in [-0.39, 0.29) is 26.9 Å². The number of nitrogens with zero attached hydrogens (tertiary/aromatic N) is 3. The van der Waals surface area contributed by atoms with E-state index in [4.69, 9.17) is 16.0 Å². The Balaban J connectivity index is 1.55. The minimum absolute atomic E-state index is 0.00838. The van der Waals surface area contributed by atoms with Crippen molar-refractivity contribution in [2.45, 2.75) is 31.7 Å². The van der Waals surface area contributed by atoms with Gasteiger partial charge in [0.2, 0.25) is 0 Å². The smallest absolute Gasteiger partial charge is 0.285 e. The topological polar surface area (TPSA) is 136 Å². The predicted octanol–water partition coefficient (Wildman–Crippen LogP) is 5.15. The van der Waals surface area contributed by atoms with E-state index in [1.165, 1.54) is 24.3 Å². The van der Waals surface area contributed by atoms with Crippen LogP contribution in [0.15, 0.2) is 81.1 Å². The maximum absolute atomic E-state index is 13.4. The monoisotopic (exact) mass is 591 g/mol. The van der Waals surface area contributed by atoms with Gasteiger partial charge in [0, 0.05) is 24.4 Å². The number of pyridine rings is 1. The van der Waals surface area contributed by atoms with Gasteiger partial charge >= 0.3 is 0 Å². The Kier molecular flexibility index (Phi) is 7.41. The van der Waals surface area contributed by atoms with E-state index < -0.39 is 22.0 Å². The first-order valence-electron chi connectivity index (χ1n) is 12.6. The summed E-state index contributed by atoms with van der Waals surface area (Å²) in [5.41, 5.74) is 2.85. The molecule has 3 heterocycles. The molecule has 5 rings (SSSR count). The van der Waals surface area contributed by atoms with Crippen LogP contribution in [0.1, 0.15) is 40.1 Å². The third-order valence-electron chi connectivity index (χ3n) is 6.55. The number of benzene rings is 2. The molecule has 41 heavy (non-hydrogen) atoms. The van der Waals surface area contributed by atoms with E-state index >= 15 is 0 Å². The fourth-order valence-corrected chi connectivity index (χ4v) is 5.69. The molecule has 0 fully saturated rings. The number of carbonyl (C=O) groups is 1. The molecule has 0 radical (unpaired) electrons. The van der Waals surface area contributed by atoms with Gasteiger partial charge in [-0.05, 0) is 56.7 Å². The molecule has 1 atom stereocenters. The molecule has 0 saturated carbocycles. The number of hydrogen-bond acceptors (Lipinski definition) is 8. The van der Waals surface area contributed by atoms with Crippen molar-refractivity contribution in [3.63, 3.8) is 0 Å². The lowest BCUT2D eigenvalue weighted by molar-refractivity contribution is 0.0977. The molecule has 5 aromatic rings. The highest BCUT2D eigenvalue weighted by atomic mass is 35.5. The van der Waals surface area contributed by atoms with Crippen molar-refractivity contribution in [1.29, 1.82) is 0 Å². The van der Waals surface area contributed by atoms with Gasteiger partial charge in [0.25, 0.3) is 15.9 Å². The van der Waals surface area contributed by atoms with E-state index in [0.717, 1.165) is 5.56 Å². The first-order valence-corrected chi connectivity index (χ1v) is 14.4. The second kappa shape index (κ2) is 10.8. The molecule has 2 N–H and O–H groups in total. The number of aryl methyl sites for hydroxylation is 2. The highest BCUT2D eigenvalue weighted by Crippen LogP contribution is 2.32. The summed E-state index contributed by atoms with van der Waals surface area (Å²) in [7, 11) is -2.38. The van der Waals surface area contributed by atoms with Crippen molar-refractivity contribution >= 4 is 44.2 Å². The van der Waals surface area contributed by atoms with Gasteiger partial charge < -0.3 is 9.73 Å². The third kappa shape index (κ3) is 5.59. The predicted molar refractivity (Wildman–Crippen MR) is 157 cm³/mol. The molecular formula is C29H26ClN5O5S. The SMILES string of the molecule is Cc1cc(C(C)Nc2ccc(Cl)nc2C(=O)NS(=O)(=O)c2ccccc2)c2oc(-c3cnn(C)c3)c(C)c(=O)c2c1. The quantitative estimate of drug-likeness (QED) is 0.248. The number of amides is 1. The Bertz CT molecular complexity index is 1970. The van der Waals surface area contributed by atoms with E-state index in [1.54, 1.807) is 55.3 Å².